The lowest BCUT2D eigenvalue weighted by molar-refractivity contribution is -0.384. The molecule has 2 atom stereocenters. The molecule has 0 aliphatic rings. The summed E-state index contributed by atoms with van der Waals surface area (Å²) in [7, 11) is -4.00. The fourth-order valence-corrected chi connectivity index (χ4v) is 4.84. The summed E-state index contributed by atoms with van der Waals surface area (Å²) in [6, 6.07) is 10.4. The van der Waals surface area contributed by atoms with Crippen molar-refractivity contribution in [3.8, 4) is 0 Å². The molecule has 2 amide bonds. The third kappa shape index (κ3) is 8.01. The highest BCUT2D eigenvalue weighted by Gasteiger charge is 2.33. The van der Waals surface area contributed by atoms with Crippen LogP contribution in [0.5, 0.6) is 0 Å². The lowest BCUT2D eigenvalue weighted by Gasteiger charge is -2.33. The van der Waals surface area contributed by atoms with E-state index >= 15 is 0 Å². The second kappa shape index (κ2) is 12.7. The zero-order valence-corrected chi connectivity index (χ0v) is 23.0. The van der Waals surface area contributed by atoms with Crippen LogP contribution in [0, 0.1) is 24.0 Å². The van der Waals surface area contributed by atoms with Crippen molar-refractivity contribution in [1.29, 1.82) is 0 Å². The Balaban J connectivity index is 2.53. The van der Waals surface area contributed by atoms with Crippen LogP contribution in [0.25, 0.3) is 0 Å². The molecular weight excluding hydrogens is 496 g/mol. The van der Waals surface area contributed by atoms with Crippen LogP contribution in [0.1, 0.15) is 50.3 Å². The summed E-state index contributed by atoms with van der Waals surface area (Å²) < 4.78 is 26.4. The van der Waals surface area contributed by atoms with E-state index in [1.165, 1.54) is 17.0 Å². The highest BCUT2D eigenvalue weighted by molar-refractivity contribution is 7.92. The Labute approximate surface area is 218 Å². The number of sulfonamides is 1. The molecule has 0 aromatic heterocycles. The molecule has 10 nitrogen and oxygen atoms in total. The highest BCUT2D eigenvalue weighted by atomic mass is 32.2. The van der Waals surface area contributed by atoms with Gasteiger partial charge in [0.2, 0.25) is 21.8 Å². The van der Waals surface area contributed by atoms with Gasteiger partial charge in [-0.3, -0.25) is 24.0 Å². The molecule has 2 aromatic rings. The number of benzene rings is 2. The van der Waals surface area contributed by atoms with Gasteiger partial charge in [-0.1, -0.05) is 49.7 Å². The Kier molecular flexibility index (Phi) is 10.2. The summed E-state index contributed by atoms with van der Waals surface area (Å²) in [5, 5.41) is 14.2. The lowest BCUT2D eigenvalue weighted by Crippen LogP contribution is -2.53. The first-order valence-electron chi connectivity index (χ1n) is 12.2. The maximum absolute atomic E-state index is 13.8. The van der Waals surface area contributed by atoms with Gasteiger partial charge in [-0.05, 0) is 44.7 Å². The van der Waals surface area contributed by atoms with Crippen LogP contribution in [0.2, 0.25) is 0 Å². The Bertz CT molecular complexity index is 1250. The smallest absolute Gasteiger partial charge is 0.271 e. The predicted molar refractivity (Wildman–Crippen MR) is 144 cm³/mol. The molecule has 2 rings (SSSR count). The molecule has 0 saturated carbocycles. The van der Waals surface area contributed by atoms with Crippen LogP contribution in [-0.2, 0) is 26.2 Å². The first-order valence-corrected chi connectivity index (χ1v) is 14.0. The van der Waals surface area contributed by atoms with E-state index in [0.717, 1.165) is 27.8 Å². The number of hydrogen-bond donors (Lipinski definition) is 1. The number of nitrogens with one attached hydrogen (secondary N) is 1. The van der Waals surface area contributed by atoms with E-state index in [4.69, 9.17) is 0 Å². The highest BCUT2D eigenvalue weighted by Crippen LogP contribution is 2.28. The van der Waals surface area contributed by atoms with Gasteiger partial charge in [0.25, 0.3) is 5.69 Å². The number of aryl methyl sites for hydroxylation is 2. The summed E-state index contributed by atoms with van der Waals surface area (Å²) in [4.78, 5) is 39.0. The van der Waals surface area contributed by atoms with Gasteiger partial charge in [0.05, 0.1) is 16.9 Å². The van der Waals surface area contributed by atoms with Gasteiger partial charge >= 0.3 is 0 Å². The van der Waals surface area contributed by atoms with Crippen molar-refractivity contribution < 1.29 is 22.9 Å². The molecule has 0 saturated heterocycles. The number of anilines is 1. The predicted octanol–water partition coefficient (Wildman–Crippen LogP) is 3.70. The standard InChI is InChI=1S/C26H36N4O6S/c1-7-20(5)27-26(32)23(8-2)28(16-21-11-9-10-18(3)14-21)25(31)17-29(37(6,35)36)24-15-22(30(33)34)13-12-19(24)4/h9-15,20,23H,7-8,16-17H2,1-6H3,(H,27,32)/t20-,23+/m0/s1. The quantitative estimate of drug-likeness (QED) is 0.328. The van der Waals surface area contributed by atoms with Gasteiger partial charge in [-0.15, -0.1) is 0 Å². The third-order valence-electron chi connectivity index (χ3n) is 6.17. The van der Waals surface area contributed by atoms with Gasteiger partial charge in [0.1, 0.15) is 12.6 Å². The van der Waals surface area contributed by atoms with Crippen molar-refractivity contribution in [2.75, 3.05) is 17.1 Å². The molecule has 0 fully saturated rings. The molecule has 0 unspecified atom stereocenters. The molecule has 0 radical (unpaired) electrons. The van der Waals surface area contributed by atoms with Crippen LogP contribution in [0.3, 0.4) is 0 Å². The van der Waals surface area contributed by atoms with Crippen LogP contribution in [0.15, 0.2) is 42.5 Å². The number of nitrogens with zero attached hydrogens (tertiary/aromatic N) is 3. The van der Waals surface area contributed by atoms with Crippen molar-refractivity contribution in [2.45, 2.75) is 66.1 Å². The van der Waals surface area contributed by atoms with Gasteiger partial charge in [-0.2, -0.15) is 0 Å². The summed E-state index contributed by atoms with van der Waals surface area (Å²) in [6.07, 6.45) is 1.97. The fraction of sp³-hybridized carbons (Fsp3) is 0.462. The van der Waals surface area contributed by atoms with Crippen LogP contribution in [-0.4, -0.2) is 54.9 Å². The number of non-ortho nitro benzene ring substituents is 1. The van der Waals surface area contributed by atoms with Crippen LogP contribution in [0.4, 0.5) is 11.4 Å². The molecule has 37 heavy (non-hydrogen) atoms. The molecule has 202 valence electrons. The topological polar surface area (TPSA) is 130 Å². The van der Waals surface area contributed by atoms with E-state index in [2.05, 4.69) is 5.32 Å². The molecule has 0 spiro atoms. The van der Waals surface area contributed by atoms with E-state index in [1.807, 2.05) is 45.0 Å². The molecule has 1 N–H and O–H groups in total. The average molecular weight is 533 g/mol. The number of amides is 2. The van der Waals surface area contributed by atoms with Gasteiger partial charge < -0.3 is 10.2 Å². The molecule has 0 aliphatic carbocycles. The number of nitro benzene ring substituents is 1. The Hall–Kier alpha value is -3.47. The maximum Gasteiger partial charge on any atom is 0.271 e. The molecule has 2 aromatic carbocycles. The van der Waals surface area contributed by atoms with E-state index in [0.29, 0.717) is 18.4 Å². The largest absolute Gasteiger partial charge is 0.352 e. The van der Waals surface area contributed by atoms with Crippen LogP contribution < -0.4 is 9.62 Å². The molecule has 0 aliphatic heterocycles. The fourth-order valence-electron chi connectivity index (χ4n) is 3.94. The zero-order valence-electron chi connectivity index (χ0n) is 22.2. The van der Waals surface area contributed by atoms with Crippen molar-refractivity contribution in [3.05, 3.63) is 69.3 Å². The van der Waals surface area contributed by atoms with Crippen LogP contribution >= 0.6 is 0 Å². The second-order valence-electron chi connectivity index (χ2n) is 9.25. The van der Waals surface area contributed by atoms with Crippen molar-refractivity contribution in [1.82, 2.24) is 10.2 Å². The minimum absolute atomic E-state index is 0.0395. The van der Waals surface area contributed by atoms with E-state index in [9.17, 15) is 28.1 Å². The van der Waals surface area contributed by atoms with Gasteiger partial charge in [0.15, 0.2) is 0 Å². The average Bonchev–Trinajstić information content (AvgIpc) is 2.81. The number of carbonyl (C=O) groups excluding carboxylic acids is 2. The maximum atomic E-state index is 13.8. The molecule has 0 bridgehead atoms. The third-order valence-corrected chi connectivity index (χ3v) is 7.30. The molecule has 11 heteroatoms. The number of rotatable bonds is 12. The van der Waals surface area contributed by atoms with Gasteiger partial charge in [0, 0.05) is 24.7 Å². The van der Waals surface area contributed by atoms with Crippen molar-refractivity contribution >= 4 is 33.2 Å². The first-order chi connectivity index (χ1) is 17.3. The second-order valence-corrected chi connectivity index (χ2v) is 11.2. The van der Waals surface area contributed by atoms with Gasteiger partial charge in [-0.25, -0.2) is 8.42 Å². The normalized spacial score (nSPS) is 12.9. The Morgan fingerprint density at radius 2 is 1.76 bits per heavy atom. The van der Waals surface area contributed by atoms with Crippen molar-refractivity contribution in [3.63, 3.8) is 0 Å². The van der Waals surface area contributed by atoms with Crippen molar-refractivity contribution in [2.24, 2.45) is 0 Å². The molecule has 0 heterocycles. The number of hydrogen-bond acceptors (Lipinski definition) is 6. The van der Waals surface area contributed by atoms with E-state index in [-0.39, 0.29) is 29.9 Å². The monoisotopic (exact) mass is 532 g/mol. The van der Waals surface area contributed by atoms with E-state index < -0.39 is 33.4 Å². The number of carbonyl (C=O) groups is 2. The minimum Gasteiger partial charge on any atom is -0.352 e. The SMILES string of the molecule is CC[C@H](C(=O)N[C@@H](C)CC)N(Cc1cccc(C)c1)C(=O)CN(c1cc([N+](=O)[O-])ccc1C)S(C)(=O)=O. The summed E-state index contributed by atoms with van der Waals surface area (Å²) in [5.74, 6) is -0.917. The Morgan fingerprint density at radius 1 is 1.08 bits per heavy atom. The summed E-state index contributed by atoms with van der Waals surface area (Å²) in [6.45, 7) is 8.61. The zero-order chi connectivity index (χ0) is 27.9. The Morgan fingerprint density at radius 3 is 2.30 bits per heavy atom. The first kappa shape index (κ1) is 29.8. The molecular formula is C26H36N4O6S. The minimum atomic E-state index is -4.00. The number of nitro groups is 1. The lowest BCUT2D eigenvalue weighted by atomic mass is 10.1. The summed E-state index contributed by atoms with van der Waals surface area (Å²) >= 11 is 0. The summed E-state index contributed by atoms with van der Waals surface area (Å²) in [5.41, 5.74) is 1.97. The van der Waals surface area contributed by atoms with E-state index in [1.54, 1.807) is 13.8 Å².